The molecule has 314 valence electrons. The fourth-order valence-electron chi connectivity index (χ4n) is 8.71. The van der Waals surface area contributed by atoms with Crippen LogP contribution in [0.5, 0.6) is 23.3 Å². The topological polar surface area (TPSA) is 85.9 Å². The van der Waals surface area contributed by atoms with E-state index >= 15 is 0 Å². The van der Waals surface area contributed by atoms with Crippen LogP contribution in [-0.4, -0.2) is 41.9 Å². The summed E-state index contributed by atoms with van der Waals surface area (Å²) < 4.78 is 40.7. The standard InChI is InChI=1S/C53H50N8O2/c1-52(2,3)34-21-23-55-50(25-34)62-48-29-38(30-49(41(48)31-54)63-51-26-35(22-24-56-51)53(4,5)6)61-46-27-36(59-32-57(7)42-13-9-11-15-44(42)59)17-19-39(46)40-20-18-37(28-47(40)61)60-33-58(8)43-14-10-12-16-45(43)60/h9-30H,32-33H2,1-8H3/i7D3. The molecule has 8 aromatic rings. The minimum atomic E-state index is -2.35. The summed E-state index contributed by atoms with van der Waals surface area (Å²) in [4.78, 5) is 17.2. The Labute approximate surface area is 373 Å². The number of fused-ring (bicyclic) bond motifs is 5. The van der Waals surface area contributed by atoms with Gasteiger partial charge >= 0.3 is 0 Å². The molecule has 0 spiro atoms. The summed E-state index contributed by atoms with van der Waals surface area (Å²) in [6, 6.07) is 42.6. The lowest BCUT2D eigenvalue weighted by Gasteiger charge is -2.22. The van der Waals surface area contributed by atoms with E-state index in [2.05, 4.69) is 140 Å². The summed E-state index contributed by atoms with van der Waals surface area (Å²) in [7, 11) is 2.09. The van der Waals surface area contributed by atoms with Crippen molar-refractivity contribution in [3.8, 4) is 35.0 Å². The number of nitrogens with zero attached hydrogens (tertiary/aromatic N) is 8. The molecule has 10 nitrogen and oxygen atoms in total. The molecule has 0 N–H and O–H groups in total. The van der Waals surface area contributed by atoms with Gasteiger partial charge in [0.1, 0.15) is 11.6 Å². The lowest BCUT2D eigenvalue weighted by atomic mass is 9.88. The van der Waals surface area contributed by atoms with Crippen molar-refractivity contribution in [2.24, 2.45) is 0 Å². The highest BCUT2D eigenvalue weighted by atomic mass is 16.5. The number of para-hydroxylation sites is 4. The van der Waals surface area contributed by atoms with Gasteiger partial charge in [-0.05, 0) is 82.6 Å². The van der Waals surface area contributed by atoms with Crippen molar-refractivity contribution < 1.29 is 13.6 Å². The molecule has 2 aliphatic rings. The van der Waals surface area contributed by atoms with E-state index < -0.39 is 6.98 Å². The first-order valence-electron chi connectivity index (χ1n) is 22.6. The molecule has 0 radical (unpaired) electrons. The van der Waals surface area contributed by atoms with Gasteiger partial charge in [-0.2, -0.15) is 5.26 Å². The summed E-state index contributed by atoms with van der Waals surface area (Å²) in [5, 5.41) is 12.9. The number of pyridine rings is 2. The summed E-state index contributed by atoms with van der Waals surface area (Å²) in [6.45, 7) is 11.2. The van der Waals surface area contributed by atoms with Gasteiger partial charge in [0.25, 0.3) is 0 Å². The van der Waals surface area contributed by atoms with Gasteiger partial charge in [0.2, 0.25) is 11.8 Å². The van der Waals surface area contributed by atoms with E-state index in [0.717, 1.165) is 61.4 Å². The van der Waals surface area contributed by atoms with Crippen LogP contribution in [-0.2, 0) is 10.8 Å². The van der Waals surface area contributed by atoms with Crippen LogP contribution in [0.1, 0.15) is 62.3 Å². The Bertz CT molecular complexity index is 3170. The fourth-order valence-corrected chi connectivity index (χ4v) is 8.71. The first kappa shape index (κ1) is 36.2. The number of nitriles is 1. The first-order chi connectivity index (χ1) is 31.5. The van der Waals surface area contributed by atoms with Crippen molar-refractivity contribution in [3.05, 3.63) is 150 Å². The third kappa shape index (κ3) is 7.00. The van der Waals surface area contributed by atoms with Gasteiger partial charge in [-0.1, -0.05) is 77.9 Å². The predicted molar refractivity (Wildman–Crippen MR) is 255 cm³/mol. The summed E-state index contributed by atoms with van der Waals surface area (Å²) in [5.41, 5.74) is 9.79. The van der Waals surface area contributed by atoms with Crippen LogP contribution in [0, 0.1) is 11.3 Å². The van der Waals surface area contributed by atoms with Crippen molar-refractivity contribution in [2.75, 3.05) is 47.0 Å². The molecule has 0 bridgehead atoms. The lowest BCUT2D eigenvalue weighted by molar-refractivity contribution is 0.435. The zero-order chi connectivity index (χ0) is 46.3. The molecule has 5 heterocycles. The molecule has 0 saturated carbocycles. The largest absolute Gasteiger partial charge is 0.437 e. The van der Waals surface area contributed by atoms with Crippen LogP contribution < -0.4 is 29.1 Å². The van der Waals surface area contributed by atoms with Crippen molar-refractivity contribution in [1.29, 1.82) is 5.26 Å². The predicted octanol–water partition coefficient (Wildman–Crippen LogP) is 12.7. The number of hydrogen-bond donors (Lipinski definition) is 0. The van der Waals surface area contributed by atoms with Gasteiger partial charge in [-0.15, -0.1) is 0 Å². The SMILES string of the molecule is [2H]C([2H])([2H])N1CN(c2ccc3c4ccc(N5CN(C)c6ccccc65)cc4n(-c4cc(Oc5cc(C(C)(C)C)ccn5)c(C#N)c(Oc5cc(C(C)(C)C)ccn5)c4)c3c2)c2ccccc21. The maximum absolute atomic E-state index is 10.9. The molecular formula is C53H50N8O2. The lowest BCUT2D eigenvalue weighted by Crippen LogP contribution is -2.24. The molecule has 0 saturated heterocycles. The van der Waals surface area contributed by atoms with Crippen LogP contribution in [0.4, 0.5) is 34.1 Å². The number of benzene rings is 5. The highest BCUT2D eigenvalue weighted by Crippen LogP contribution is 2.46. The molecule has 3 aromatic heterocycles. The average molecular weight is 834 g/mol. The Morgan fingerprint density at radius 3 is 1.49 bits per heavy atom. The van der Waals surface area contributed by atoms with Gasteiger partial charge in [0.15, 0.2) is 11.5 Å². The number of anilines is 6. The van der Waals surface area contributed by atoms with E-state index in [4.69, 9.17) is 13.6 Å². The molecule has 0 fully saturated rings. The second-order valence-electron chi connectivity index (χ2n) is 18.4. The first-order valence-corrected chi connectivity index (χ1v) is 21.1. The Kier molecular flexibility index (Phi) is 8.52. The summed E-state index contributed by atoms with van der Waals surface area (Å²) >= 11 is 0. The molecule has 63 heavy (non-hydrogen) atoms. The Morgan fingerprint density at radius 1 is 0.571 bits per heavy atom. The van der Waals surface area contributed by atoms with Crippen LogP contribution in [0.15, 0.2) is 134 Å². The number of ether oxygens (including phenoxy) is 2. The smallest absolute Gasteiger partial charge is 0.219 e. The number of rotatable bonds is 7. The summed E-state index contributed by atoms with van der Waals surface area (Å²) in [6.07, 6.45) is 3.44. The zero-order valence-corrected chi connectivity index (χ0v) is 36.5. The van der Waals surface area contributed by atoms with Gasteiger partial charge < -0.3 is 33.6 Å². The molecule has 10 heteroatoms. The van der Waals surface area contributed by atoms with Gasteiger partial charge in [0, 0.05) is 76.9 Å². The van der Waals surface area contributed by atoms with Crippen molar-refractivity contribution in [3.63, 3.8) is 0 Å². The second-order valence-corrected chi connectivity index (χ2v) is 18.4. The Morgan fingerprint density at radius 2 is 1.03 bits per heavy atom. The molecular weight excluding hydrogens is 781 g/mol. The molecule has 0 atom stereocenters. The maximum atomic E-state index is 10.9. The van der Waals surface area contributed by atoms with E-state index in [1.54, 1.807) is 12.4 Å². The third-order valence-corrected chi connectivity index (χ3v) is 12.1. The molecule has 2 aliphatic heterocycles. The zero-order valence-electron chi connectivity index (χ0n) is 39.5. The maximum Gasteiger partial charge on any atom is 0.219 e. The van der Waals surface area contributed by atoms with Crippen LogP contribution in [0.25, 0.3) is 27.5 Å². The van der Waals surface area contributed by atoms with Gasteiger partial charge in [-0.3, -0.25) is 0 Å². The van der Waals surface area contributed by atoms with Gasteiger partial charge in [0.05, 0.1) is 52.8 Å². The quantitative estimate of drug-likeness (QED) is 0.156. The van der Waals surface area contributed by atoms with E-state index in [-0.39, 0.29) is 34.6 Å². The highest BCUT2D eigenvalue weighted by Gasteiger charge is 2.28. The van der Waals surface area contributed by atoms with E-state index in [0.29, 0.717) is 29.8 Å². The third-order valence-electron chi connectivity index (χ3n) is 12.1. The van der Waals surface area contributed by atoms with Crippen molar-refractivity contribution in [2.45, 2.75) is 52.4 Å². The molecule has 10 rings (SSSR count). The Hall–Kier alpha value is -7.51. The highest BCUT2D eigenvalue weighted by molar-refractivity contribution is 6.11. The monoisotopic (exact) mass is 833 g/mol. The van der Waals surface area contributed by atoms with E-state index in [9.17, 15) is 5.26 Å². The van der Waals surface area contributed by atoms with Gasteiger partial charge in [-0.25, -0.2) is 9.97 Å². The Balaban J connectivity index is 1.22. The number of aromatic nitrogens is 3. The van der Waals surface area contributed by atoms with E-state index in [1.165, 1.54) is 4.90 Å². The fraction of sp³-hybridized carbons (Fsp3) is 0.226. The summed E-state index contributed by atoms with van der Waals surface area (Å²) in [5.74, 6) is 1.19. The van der Waals surface area contributed by atoms with E-state index in [1.807, 2.05) is 65.6 Å². The molecule has 0 aliphatic carbocycles. The minimum absolute atomic E-state index is 0.141. The van der Waals surface area contributed by atoms with Crippen LogP contribution in [0.2, 0.25) is 0 Å². The number of hydrogen-bond acceptors (Lipinski definition) is 9. The molecule has 0 amide bonds. The van der Waals surface area contributed by atoms with Crippen LogP contribution in [0.3, 0.4) is 0 Å². The second kappa shape index (κ2) is 14.8. The molecule has 0 unspecified atom stereocenters. The average Bonchev–Trinajstić information content (AvgIpc) is 3.95. The van der Waals surface area contributed by atoms with Crippen molar-refractivity contribution in [1.82, 2.24) is 14.5 Å². The minimum Gasteiger partial charge on any atom is -0.437 e. The normalized spacial score (nSPS) is 14.7. The molecule has 5 aromatic carbocycles. The van der Waals surface area contributed by atoms with Crippen LogP contribution >= 0.6 is 0 Å². The van der Waals surface area contributed by atoms with Crippen molar-refractivity contribution >= 4 is 55.9 Å².